The van der Waals surface area contributed by atoms with Crippen LogP contribution in [0.15, 0.2) is 48.8 Å². The molecule has 0 aliphatic carbocycles. The van der Waals surface area contributed by atoms with E-state index in [1.165, 1.54) is 0 Å². The first-order chi connectivity index (χ1) is 18.1. The third-order valence-corrected chi connectivity index (χ3v) is 7.10. The molecule has 9 nitrogen and oxygen atoms in total. The van der Waals surface area contributed by atoms with Crippen molar-refractivity contribution in [3.8, 4) is 22.6 Å². The number of hydrogen-bond donors (Lipinski definition) is 2. The number of rotatable bonds is 6. The van der Waals surface area contributed by atoms with Crippen LogP contribution < -0.4 is 0 Å². The summed E-state index contributed by atoms with van der Waals surface area (Å²) in [4.78, 5) is 32.4. The van der Waals surface area contributed by atoms with Crippen LogP contribution in [-0.2, 0) is 11.2 Å². The number of benzene rings is 1. The number of imidazole rings is 1. The first kappa shape index (κ1) is 23.3. The highest BCUT2D eigenvalue weighted by Crippen LogP contribution is 2.30. The SMILES string of the molecule is CCC(C)Cc1ccc(-c2cnc3n[nH]c(-c4nc5c(C(=O)N6CCOCC6)cccc5[nH]4)c3c2)cn1. The smallest absolute Gasteiger partial charge is 0.256 e. The molecule has 5 heterocycles. The van der Waals surface area contributed by atoms with E-state index in [0.717, 1.165) is 46.3 Å². The Morgan fingerprint density at radius 1 is 1.11 bits per heavy atom. The number of nitrogens with one attached hydrogen (secondary N) is 2. The number of pyridine rings is 2. The number of carbonyl (C=O) groups excluding carboxylic acids is 1. The van der Waals surface area contributed by atoms with Gasteiger partial charge in [-0.25, -0.2) is 9.97 Å². The number of aromatic amines is 2. The van der Waals surface area contributed by atoms with Crippen molar-refractivity contribution in [2.45, 2.75) is 26.7 Å². The van der Waals surface area contributed by atoms with Gasteiger partial charge in [-0.1, -0.05) is 32.4 Å². The second-order valence-electron chi connectivity index (χ2n) is 9.64. The minimum absolute atomic E-state index is 0.0327. The lowest BCUT2D eigenvalue weighted by atomic mass is 10.0. The van der Waals surface area contributed by atoms with Crippen LogP contribution in [-0.4, -0.2) is 67.2 Å². The van der Waals surface area contributed by atoms with Gasteiger partial charge in [0, 0.05) is 42.3 Å². The van der Waals surface area contributed by atoms with E-state index >= 15 is 0 Å². The average Bonchev–Trinajstić information content (AvgIpc) is 3.57. The highest BCUT2D eigenvalue weighted by molar-refractivity contribution is 6.06. The van der Waals surface area contributed by atoms with E-state index in [9.17, 15) is 4.79 Å². The van der Waals surface area contributed by atoms with E-state index in [4.69, 9.17) is 9.72 Å². The lowest BCUT2D eigenvalue weighted by Crippen LogP contribution is -2.40. The summed E-state index contributed by atoms with van der Waals surface area (Å²) in [6, 6.07) is 11.9. The number of amides is 1. The molecule has 1 unspecified atom stereocenters. The molecule has 1 atom stereocenters. The van der Waals surface area contributed by atoms with Crippen LogP contribution in [0.2, 0.25) is 0 Å². The minimum Gasteiger partial charge on any atom is -0.378 e. The molecule has 5 aromatic rings. The summed E-state index contributed by atoms with van der Waals surface area (Å²) >= 11 is 0. The van der Waals surface area contributed by atoms with Gasteiger partial charge in [0.25, 0.3) is 5.91 Å². The number of nitrogens with zero attached hydrogens (tertiary/aromatic N) is 5. The predicted molar refractivity (Wildman–Crippen MR) is 142 cm³/mol. The summed E-state index contributed by atoms with van der Waals surface area (Å²) in [7, 11) is 0. The zero-order valence-corrected chi connectivity index (χ0v) is 21.0. The van der Waals surface area contributed by atoms with E-state index in [2.05, 4.69) is 57.2 Å². The topological polar surface area (TPSA) is 113 Å². The molecule has 37 heavy (non-hydrogen) atoms. The van der Waals surface area contributed by atoms with Crippen molar-refractivity contribution in [3.05, 3.63) is 60.0 Å². The molecule has 0 bridgehead atoms. The van der Waals surface area contributed by atoms with Crippen molar-refractivity contribution in [2.75, 3.05) is 26.3 Å². The zero-order chi connectivity index (χ0) is 25.4. The molecule has 1 fully saturated rings. The van der Waals surface area contributed by atoms with Crippen LogP contribution in [0.1, 0.15) is 36.3 Å². The average molecular weight is 496 g/mol. The van der Waals surface area contributed by atoms with Crippen LogP contribution in [0.25, 0.3) is 44.7 Å². The number of aromatic nitrogens is 6. The number of ether oxygens (including phenoxy) is 1. The zero-order valence-electron chi connectivity index (χ0n) is 21.0. The molecule has 1 aliphatic rings. The van der Waals surface area contributed by atoms with Gasteiger partial charge < -0.3 is 14.6 Å². The van der Waals surface area contributed by atoms with Crippen molar-refractivity contribution in [3.63, 3.8) is 0 Å². The number of hydrogen-bond acceptors (Lipinski definition) is 6. The molecule has 0 spiro atoms. The van der Waals surface area contributed by atoms with Crippen LogP contribution in [0, 0.1) is 5.92 Å². The first-order valence-electron chi connectivity index (χ1n) is 12.8. The molecular weight excluding hydrogens is 466 g/mol. The van der Waals surface area contributed by atoms with Gasteiger partial charge >= 0.3 is 0 Å². The fourth-order valence-corrected chi connectivity index (χ4v) is 4.72. The van der Waals surface area contributed by atoms with Gasteiger partial charge in [0.15, 0.2) is 11.5 Å². The maximum Gasteiger partial charge on any atom is 0.256 e. The second kappa shape index (κ2) is 9.74. The molecule has 1 saturated heterocycles. The van der Waals surface area contributed by atoms with Gasteiger partial charge in [0.05, 0.1) is 29.7 Å². The van der Waals surface area contributed by atoms with E-state index < -0.39 is 0 Å². The number of fused-ring (bicyclic) bond motifs is 2. The second-order valence-corrected chi connectivity index (χ2v) is 9.64. The van der Waals surface area contributed by atoms with Crippen molar-refractivity contribution in [2.24, 2.45) is 5.92 Å². The highest BCUT2D eigenvalue weighted by Gasteiger charge is 2.23. The number of para-hydroxylation sites is 1. The molecule has 1 amide bonds. The first-order valence-corrected chi connectivity index (χ1v) is 12.8. The molecule has 188 valence electrons. The predicted octanol–water partition coefficient (Wildman–Crippen LogP) is 4.62. The summed E-state index contributed by atoms with van der Waals surface area (Å²) in [6.07, 6.45) is 5.83. The van der Waals surface area contributed by atoms with Crippen molar-refractivity contribution in [1.29, 1.82) is 0 Å². The van der Waals surface area contributed by atoms with E-state index in [1.54, 1.807) is 0 Å². The standard InChI is InChI=1S/C28H29N7O2/c1-3-17(2)13-20-8-7-18(15-29-20)19-14-22-25(33-34-26(22)30-16-19)27-31-23-6-4-5-21(24(23)32-27)28(36)35-9-11-37-12-10-35/h4-8,14-17H,3,9-13H2,1-2H3,(H,31,32)(H,30,33,34). The number of carbonyl (C=O) groups is 1. The Kier molecular flexibility index (Phi) is 6.13. The Hall–Kier alpha value is -4.11. The van der Waals surface area contributed by atoms with Crippen LogP contribution in [0.5, 0.6) is 0 Å². The maximum absolute atomic E-state index is 13.2. The molecule has 6 rings (SSSR count). The molecule has 4 aromatic heterocycles. The maximum atomic E-state index is 13.2. The quantitative estimate of drug-likeness (QED) is 0.355. The highest BCUT2D eigenvalue weighted by atomic mass is 16.5. The molecule has 2 N–H and O–H groups in total. The molecule has 1 aliphatic heterocycles. The Labute approximate surface area is 214 Å². The van der Waals surface area contributed by atoms with Crippen molar-refractivity contribution in [1.82, 2.24) is 35.0 Å². The largest absolute Gasteiger partial charge is 0.378 e. The van der Waals surface area contributed by atoms with Gasteiger partial charge in [-0.15, -0.1) is 0 Å². The van der Waals surface area contributed by atoms with Crippen LogP contribution in [0.4, 0.5) is 0 Å². The fourth-order valence-electron chi connectivity index (χ4n) is 4.72. The third kappa shape index (κ3) is 4.46. The van der Waals surface area contributed by atoms with Gasteiger partial charge in [-0.05, 0) is 36.6 Å². The van der Waals surface area contributed by atoms with Gasteiger partial charge in [0.1, 0.15) is 11.2 Å². The summed E-state index contributed by atoms with van der Waals surface area (Å²) in [5, 5.41) is 8.32. The van der Waals surface area contributed by atoms with Crippen LogP contribution >= 0.6 is 0 Å². The third-order valence-electron chi connectivity index (χ3n) is 7.10. The molecule has 1 aromatic carbocycles. The van der Waals surface area contributed by atoms with E-state index in [1.807, 2.05) is 35.5 Å². The summed E-state index contributed by atoms with van der Waals surface area (Å²) < 4.78 is 5.40. The minimum atomic E-state index is -0.0327. The fraction of sp³-hybridized carbons (Fsp3) is 0.321. The number of morpholine rings is 1. The van der Waals surface area contributed by atoms with Gasteiger partial charge in [-0.2, -0.15) is 5.10 Å². The Morgan fingerprint density at radius 2 is 1.95 bits per heavy atom. The number of H-pyrrole nitrogens is 2. The summed E-state index contributed by atoms with van der Waals surface area (Å²) in [6.45, 7) is 6.72. The van der Waals surface area contributed by atoms with Crippen LogP contribution in [0.3, 0.4) is 0 Å². The van der Waals surface area contributed by atoms with E-state index in [-0.39, 0.29) is 5.91 Å². The van der Waals surface area contributed by atoms with E-state index in [0.29, 0.717) is 54.8 Å². The molecular formula is C28H29N7O2. The summed E-state index contributed by atoms with van der Waals surface area (Å²) in [5.41, 5.74) is 6.39. The van der Waals surface area contributed by atoms with Crippen molar-refractivity contribution < 1.29 is 9.53 Å². The Morgan fingerprint density at radius 3 is 2.73 bits per heavy atom. The molecule has 0 saturated carbocycles. The lowest BCUT2D eigenvalue weighted by molar-refractivity contribution is 0.0304. The lowest BCUT2D eigenvalue weighted by Gasteiger charge is -2.26. The van der Waals surface area contributed by atoms with Crippen molar-refractivity contribution >= 4 is 28.0 Å². The monoisotopic (exact) mass is 495 g/mol. The van der Waals surface area contributed by atoms with Gasteiger partial charge in [0.2, 0.25) is 0 Å². The molecule has 0 radical (unpaired) electrons. The Bertz CT molecular complexity index is 1570. The van der Waals surface area contributed by atoms with Gasteiger partial charge in [-0.3, -0.25) is 14.9 Å². The molecule has 9 heteroatoms. The summed E-state index contributed by atoms with van der Waals surface area (Å²) in [5.74, 6) is 1.19. The normalized spacial score (nSPS) is 14.9. The Balaban J connectivity index is 1.34.